The van der Waals surface area contributed by atoms with Crippen LogP contribution in [0.4, 0.5) is 4.79 Å². The molecule has 0 spiro atoms. The Morgan fingerprint density at radius 3 is 2.48 bits per heavy atom. The van der Waals surface area contributed by atoms with Gasteiger partial charge in [-0.15, -0.1) is 0 Å². The van der Waals surface area contributed by atoms with Gasteiger partial charge in [0, 0.05) is 0 Å². The predicted octanol–water partition coefficient (Wildman–Crippen LogP) is 4.06. The summed E-state index contributed by atoms with van der Waals surface area (Å²) in [6, 6.07) is 16.8. The largest absolute Gasteiger partial charge is 0.465 e. The van der Waals surface area contributed by atoms with Crippen LogP contribution in [0.2, 0.25) is 0 Å². The molecule has 5 heteroatoms. The quantitative estimate of drug-likeness (QED) is 0.863. The minimum atomic E-state index is -1.04. The number of hydrogen-bond acceptors (Lipinski definition) is 2. The highest BCUT2D eigenvalue weighted by atomic mass is 16.4. The van der Waals surface area contributed by atoms with E-state index in [1.807, 2.05) is 42.5 Å². The van der Waals surface area contributed by atoms with Gasteiger partial charge in [-0.05, 0) is 48.8 Å². The van der Waals surface area contributed by atoms with Crippen LogP contribution in [0.1, 0.15) is 54.5 Å². The maximum absolute atomic E-state index is 13.0. The molecule has 2 N–H and O–H groups in total. The van der Waals surface area contributed by atoms with E-state index in [1.54, 1.807) is 0 Å². The van der Waals surface area contributed by atoms with E-state index in [9.17, 15) is 14.7 Å². The molecule has 0 aromatic heterocycles. The van der Waals surface area contributed by atoms with E-state index in [0.29, 0.717) is 12.8 Å². The third-order valence-electron chi connectivity index (χ3n) is 5.78. The molecule has 1 heterocycles. The highest BCUT2D eigenvalue weighted by Crippen LogP contribution is 2.37. The van der Waals surface area contributed by atoms with E-state index < -0.39 is 12.1 Å². The fraction of sp³-hybridized carbons (Fsp3) is 0.364. The number of fused-ring (bicyclic) bond motifs is 1. The third kappa shape index (κ3) is 3.42. The summed E-state index contributed by atoms with van der Waals surface area (Å²) in [5, 5.41) is 12.9. The van der Waals surface area contributed by atoms with Crippen molar-refractivity contribution >= 4 is 12.0 Å². The normalized spacial score (nSPS) is 24.3. The molecule has 2 aromatic carbocycles. The van der Waals surface area contributed by atoms with Gasteiger partial charge < -0.3 is 10.4 Å². The zero-order valence-electron chi connectivity index (χ0n) is 15.2. The molecule has 1 saturated heterocycles. The summed E-state index contributed by atoms with van der Waals surface area (Å²) in [5.74, 6) is -0.183. The fourth-order valence-corrected chi connectivity index (χ4v) is 4.51. The topological polar surface area (TPSA) is 69.6 Å². The maximum Gasteiger partial charge on any atom is 0.408 e. The average molecular weight is 364 g/mol. The second kappa shape index (κ2) is 7.43. The number of hydrogen-bond donors (Lipinski definition) is 2. The lowest BCUT2D eigenvalue weighted by atomic mass is 9.87. The van der Waals surface area contributed by atoms with Crippen LogP contribution < -0.4 is 5.32 Å². The minimum absolute atomic E-state index is 0.0335. The molecule has 2 aliphatic rings. The molecule has 140 valence electrons. The smallest absolute Gasteiger partial charge is 0.408 e. The Labute approximate surface area is 159 Å². The van der Waals surface area contributed by atoms with Crippen molar-refractivity contribution in [2.24, 2.45) is 0 Å². The number of rotatable bonds is 3. The number of carboxylic acid groups (broad SMARTS) is 1. The Morgan fingerprint density at radius 1 is 0.963 bits per heavy atom. The molecule has 0 radical (unpaired) electrons. The van der Waals surface area contributed by atoms with Gasteiger partial charge in [0.2, 0.25) is 5.91 Å². The van der Waals surface area contributed by atoms with E-state index in [0.717, 1.165) is 30.4 Å². The molecular formula is C22H24N2O3. The van der Waals surface area contributed by atoms with E-state index in [1.165, 1.54) is 10.5 Å². The molecule has 1 aliphatic carbocycles. The first-order valence-corrected chi connectivity index (χ1v) is 9.59. The van der Waals surface area contributed by atoms with E-state index in [-0.39, 0.29) is 18.0 Å². The van der Waals surface area contributed by atoms with Gasteiger partial charge in [-0.2, -0.15) is 0 Å². The van der Waals surface area contributed by atoms with Crippen molar-refractivity contribution in [3.05, 3.63) is 71.3 Å². The summed E-state index contributed by atoms with van der Waals surface area (Å²) >= 11 is 0. The van der Waals surface area contributed by atoms with Crippen LogP contribution in [-0.2, 0) is 11.2 Å². The molecule has 3 unspecified atom stereocenters. The number of carbonyl (C=O) groups is 2. The lowest BCUT2D eigenvalue weighted by Crippen LogP contribution is -2.47. The SMILES string of the molecule is O=C(NC1CCCc2ccccc21)C1CCC(c2ccccc2)N1C(=O)O. The highest BCUT2D eigenvalue weighted by Gasteiger charge is 2.42. The fourth-order valence-electron chi connectivity index (χ4n) is 4.51. The van der Waals surface area contributed by atoms with Crippen molar-refractivity contribution in [3.8, 4) is 0 Å². The Kier molecular flexibility index (Phi) is 4.84. The van der Waals surface area contributed by atoms with Crippen LogP contribution in [0, 0.1) is 0 Å². The molecule has 3 atom stereocenters. The maximum atomic E-state index is 13.0. The first kappa shape index (κ1) is 17.6. The molecule has 2 amide bonds. The first-order chi connectivity index (χ1) is 13.1. The summed E-state index contributed by atoms with van der Waals surface area (Å²) < 4.78 is 0. The summed E-state index contributed by atoms with van der Waals surface area (Å²) in [4.78, 5) is 26.3. The molecule has 5 nitrogen and oxygen atoms in total. The van der Waals surface area contributed by atoms with Crippen molar-refractivity contribution in [1.82, 2.24) is 10.2 Å². The summed E-state index contributed by atoms with van der Waals surface area (Å²) in [6.07, 6.45) is 3.13. The lowest BCUT2D eigenvalue weighted by Gasteiger charge is -2.31. The molecular weight excluding hydrogens is 340 g/mol. The summed E-state index contributed by atoms with van der Waals surface area (Å²) in [7, 11) is 0. The lowest BCUT2D eigenvalue weighted by molar-refractivity contribution is -0.126. The van der Waals surface area contributed by atoms with Crippen LogP contribution in [0.25, 0.3) is 0 Å². The molecule has 1 fully saturated rings. The second-order valence-corrected chi connectivity index (χ2v) is 7.36. The molecule has 1 aliphatic heterocycles. The molecule has 4 rings (SSSR count). The zero-order chi connectivity index (χ0) is 18.8. The van der Waals surface area contributed by atoms with Gasteiger partial charge in [-0.1, -0.05) is 54.6 Å². The van der Waals surface area contributed by atoms with Crippen molar-refractivity contribution in [1.29, 1.82) is 0 Å². The molecule has 0 saturated carbocycles. The zero-order valence-corrected chi connectivity index (χ0v) is 15.2. The monoisotopic (exact) mass is 364 g/mol. The summed E-state index contributed by atoms with van der Waals surface area (Å²) in [6.45, 7) is 0. The Balaban J connectivity index is 1.53. The number of likely N-dealkylation sites (tertiary alicyclic amines) is 1. The van der Waals surface area contributed by atoms with Crippen molar-refractivity contribution in [3.63, 3.8) is 0 Å². The highest BCUT2D eigenvalue weighted by molar-refractivity contribution is 5.86. The van der Waals surface area contributed by atoms with E-state index in [2.05, 4.69) is 17.4 Å². The van der Waals surface area contributed by atoms with Crippen LogP contribution in [0.15, 0.2) is 54.6 Å². The molecule has 0 bridgehead atoms. The van der Waals surface area contributed by atoms with Gasteiger partial charge in [-0.25, -0.2) is 4.79 Å². The standard InChI is InChI=1S/C22H24N2O3/c25-21(23-18-12-6-10-15-7-4-5-11-17(15)18)20-14-13-19(24(20)22(26)27)16-8-2-1-3-9-16/h1-5,7-9,11,18-20H,6,10,12-14H2,(H,23,25)(H,26,27). The molecule has 27 heavy (non-hydrogen) atoms. The van der Waals surface area contributed by atoms with E-state index >= 15 is 0 Å². The van der Waals surface area contributed by atoms with Crippen molar-refractivity contribution in [2.45, 2.75) is 50.2 Å². The number of nitrogens with zero attached hydrogens (tertiary/aromatic N) is 1. The van der Waals surface area contributed by atoms with Crippen molar-refractivity contribution in [2.75, 3.05) is 0 Å². The molecule has 2 aromatic rings. The number of aryl methyl sites for hydroxylation is 1. The second-order valence-electron chi connectivity index (χ2n) is 7.36. The van der Waals surface area contributed by atoms with Gasteiger partial charge in [0.15, 0.2) is 0 Å². The first-order valence-electron chi connectivity index (χ1n) is 9.59. The number of carbonyl (C=O) groups excluding carboxylic acids is 1. The Morgan fingerprint density at radius 2 is 1.70 bits per heavy atom. The van der Waals surface area contributed by atoms with Crippen LogP contribution in [-0.4, -0.2) is 28.0 Å². The van der Waals surface area contributed by atoms with Gasteiger partial charge in [-0.3, -0.25) is 9.69 Å². The summed E-state index contributed by atoms with van der Waals surface area (Å²) in [5.41, 5.74) is 3.38. The predicted molar refractivity (Wildman–Crippen MR) is 102 cm³/mol. The van der Waals surface area contributed by atoms with Gasteiger partial charge in [0.25, 0.3) is 0 Å². The number of benzene rings is 2. The van der Waals surface area contributed by atoms with Crippen LogP contribution in [0.5, 0.6) is 0 Å². The van der Waals surface area contributed by atoms with Crippen LogP contribution in [0.3, 0.4) is 0 Å². The van der Waals surface area contributed by atoms with Gasteiger partial charge in [0.05, 0.1) is 12.1 Å². The van der Waals surface area contributed by atoms with Crippen LogP contribution >= 0.6 is 0 Å². The minimum Gasteiger partial charge on any atom is -0.465 e. The van der Waals surface area contributed by atoms with Gasteiger partial charge >= 0.3 is 6.09 Å². The van der Waals surface area contributed by atoms with Crippen molar-refractivity contribution < 1.29 is 14.7 Å². The average Bonchev–Trinajstić information content (AvgIpc) is 3.15. The number of nitrogens with one attached hydrogen (secondary N) is 1. The van der Waals surface area contributed by atoms with Gasteiger partial charge in [0.1, 0.15) is 6.04 Å². The Bertz CT molecular complexity index is 836. The van der Waals surface area contributed by atoms with E-state index in [4.69, 9.17) is 0 Å². The Hall–Kier alpha value is -2.82. The number of amides is 2. The third-order valence-corrected chi connectivity index (χ3v) is 5.78.